The number of thiophene rings is 1. The predicted octanol–water partition coefficient (Wildman–Crippen LogP) is 3.61. The van der Waals surface area contributed by atoms with E-state index in [1.165, 1.54) is 11.3 Å². The molecule has 0 aliphatic heterocycles. The Morgan fingerprint density at radius 1 is 1.47 bits per heavy atom. The van der Waals surface area contributed by atoms with Crippen molar-refractivity contribution in [3.05, 3.63) is 16.5 Å². The van der Waals surface area contributed by atoms with Crippen LogP contribution < -0.4 is 0 Å². The van der Waals surface area contributed by atoms with Gasteiger partial charge in [-0.2, -0.15) is 4.31 Å². The first-order valence-corrected chi connectivity index (χ1v) is 9.43. The molecule has 1 aliphatic carbocycles. The van der Waals surface area contributed by atoms with Crippen LogP contribution in [0.1, 0.15) is 36.6 Å². The SMILES string of the molecule is CCCN(CC1CC1)S(=O)(=O)c1cc(C)c(CCl)s1. The molecule has 0 aromatic carbocycles. The van der Waals surface area contributed by atoms with Crippen LogP contribution in [0.2, 0.25) is 0 Å². The summed E-state index contributed by atoms with van der Waals surface area (Å²) in [5.74, 6) is 0.942. The van der Waals surface area contributed by atoms with Gasteiger partial charge in [0, 0.05) is 18.0 Å². The molecule has 0 unspecified atom stereocenters. The zero-order valence-electron chi connectivity index (χ0n) is 11.4. The largest absolute Gasteiger partial charge is 0.252 e. The van der Waals surface area contributed by atoms with E-state index in [2.05, 4.69) is 0 Å². The van der Waals surface area contributed by atoms with Crippen molar-refractivity contribution in [1.29, 1.82) is 0 Å². The van der Waals surface area contributed by atoms with Gasteiger partial charge in [0.1, 0.15) is 4.21 Å². The molecule has 1 aromatic heterocycles. The van der Waals surface area contributed by atoms with Gasteiger partial charge < -0.3 is 0 Å². The lowest BCUT2D eigenvalue weighted by molar-refractivity contribution is 0.397. The van der Waals surface area contributed by atoms with Crippen LogP contribution >= 0.6 is 22.9 Å². The summed E-state index contributed by atoms with van der Waals surface area (Å²) >= 11 is 7.14. The van der Waals surface area contributed by atoms with Gasteiger partial charge in [-0.15, -0.1) is 22.9 Å². The highest BCUT2D eigenvalue weighted by Crippen LogP contribution is 2.34. The molecule has 0 saturated heterocycles. The van der Waals surface area contributed by atoms with E-state index in [1.54, 1.807) is 10.4 Å². The molecule has 1 aliphatic rings. The molecule has 19 heavy (non-hydrogen) atoms. The lowest BCUT2D eigenvalue weighted by Crippen LogP contribution is -2.33. The van der Waals surface area contributed by atoms with Gasteiger partial charge >= 0.3 is 0 Å². The standard InChI is InChI=1S/C13H20ClNO2S2/c1-3-6-15(9-11-4-5-11)19(16,17)13-7-10(2)12(8-14)18-13/h7,11H,3-6,8-9H2,1-2H3. The zero-order valence-corrected chi connectivity index (χ0v) is 13.7. The third-order valence-corrected chi connectivity index (χ3v) is 7.32. The molecule has 108 valence electrons. The molecular formula is C13H20ClNO2S2. The average Bonchev–Trinajstić information content (AvgIpc) is 3.09. The summed E-state index contributed by atoms with van der Waals surface area (Å²) in [4.78, 5) is 0.947. The Morgan fingerprint density at radius 3 is 2.63 bits per heavy atom. The Hall–Kier alpha value is -0.100. The van der Waals surface area contributed by atoms with Gasteiger partial charge in [-0.1, -0.05) is 6.92 Å². The van der Waals surface area contributed by atoms with E-state index in [0.29, 0.717) is 29.1 Å². The van der Waals surface area contributed by atoms with Crippen LogP contribution in [0, 0.1) is 12.8 Å². The fraction of sp³-hybridized carbons (Fsp3) is 0.692. The van der Waals surface area contributed by atoms with Gasteiger partial charge in [0.15, 0.2) is 0 Å². The number of alkyl halides is 1. The number of sulfonamides is 1. The molecule has 0 radical (unpaired) electrons. The molecular weight excluding hydrogens is 302 g/mol. The molecule has 1 fully saturated rings. The Kier molecular flexibility index (Phi) is 4.93. The Balaban J connectivity index is 2.26. The molecule has 1 heterocycles. The first-order chi connectivity index (χ1) is 8.98. The molecule has 2 rings (SSSR count). The minimum absolute atomic E-state index is 0.377. The fourth-order valence-electron chi connectivity index (χ4n) is 2.02. The van der Waals surface area contributed by atoms with Crippen molar-refractivity contribution in [2.75, 3.05) is 13.1 Å². The van der Waals surface area contributed by atoms with E-state index in [1.807, 2.05) is 13.8 Å². The predicted molar refractivity (Wildman–Crippen MR) is 80.4 cm³/mol. The third kappa shape index (κ3) is 3.51. The van der Waals surface area contributed by atoms with Gasteiger partial charge in [-0.3, -0.25) is 0 Å². The fourth-order valence-corrected chi connectivity index (χ4v) is 5.60. The number of halogens is 1. The highest BCUT2D eigenvalue weighted by atomic mass is 35.5. The minimum atomic E-state index is -3.34. The van der Waals surface area contributed by atoms with Crippen LogP contribution in [-0.4, -0.2) is 25.8 Å². The average molecular weight is 322 g/mol. The van der Waals surface area contributed by atoms with Gasteiger partial charge in [-0.05, 0) is 43.7 Å². The maximum atomic E-state index is 12.7. The number of aryl methyl sites for hydroxylation is 1. The second kappa shape index (κ2) is 6.12. The van der Waals surface area contributed by atoms with E-state index in [-0.39, 0.29) is 0 Å². The minimum Gasteiger partial charge on any atom is -0.206 e. The molecule has 0 N–H and O–H groups in total. The summed E-state index contributed by atoms with van der Waals surface area (Å²) in [6.45, 7) is 5.20. The molecule has 0 bridgehead atoms. The first kappa shape index (κ1) is 15.3. The van der Waals surface area contributed by atoms with E-state index in [0.717, 1.165) is 29.7 Å². The summed E-state index contributed by atoms with van der Waals surface area (Å²) in [5, 5.41) is 0. The lowest BCUT2D eigenvalue weighted by Gasteiger charge is -2.20. The molecule has 0 atom stereocenters. The third-order valence-electron chi connectivity index (χ3n) is 3.35. The topological polar surface area (TPSA) is 37.4 Å². The Bertz CT molecular complexity index is 535. The van der Waals surface area contributed by atoms with Gasteiger partial charge in [-0.25, -0.2) is 8.42 Å². The highest BCUT2D eigenvalue weighted by molar-refractivity contribution is 7.91. The first-order valence-electron chi connectivity index (χ1n) is 6.64. The maximum absolute atomic E-state index is 12.7. The molecule has 3 nitrogen and oxygen atoms in total. The van der Waals surface area contributed by atoms with Crippen molar-refractivity contribution < 1.29 is 8.42 Å². The molecule has 6 heteroatoms. The van der Waals surface area contributed by atoms with Crippen LogP contribution in [0.3, 0.4) is 0 Å². The smallest absolute Gasteiger partial charge is 0.206 e. The van der Waals surface area contributed by atoms with Crippen LogP contribution in [0.5, 0.6) is 0 Å². The Labute approximate surface area is 124 Å². The summed E-state index contributed by atoms with van der Waals surface area (Å²) in [6.07, 6.45) is 3.16. The number of nitrogens with zero attached hydrogens (tertiary/aromatic N) is 1. The van der Waals surface area contributed by atoms with Crippen molar-refractivity contribution >= 4 is 33.0 Å². The van der Waals surface area contributed by atoms with E-state index in [4.69, 9.17) is 11.6 Å². The Morgan fingerprint density at radius 2 is 2.16 bits per heavy atom. The van der Waals surface area contributed by atoms with Crippen LogP contribution in [0.25, 0.3) is 0 Å². The summed E-state index contributed by atoms with van der Waals surface area (Å²) in [6, 6.07) is 1.76. The number of hydrogen-bond donors (Lipinski definition) is 0. The second-order valence-corrected chi connectivity index (χ2v) is 8.68. The molecule has 0 spiro atoms. The van der Waals surface area contributed by atoms with Crippen molar-refractivity contribution in [3.8, 4) is 0 Å². The molecule has 1 saturated carbocycles. The number of rotatable bonds is 7. The van der Waals surface area contributed by atoms with E-state index >= 15 is 0 Å². The lowest BCUT2D eigenvalue weighted by atomic mass is 10.3. The van der Waals surface area contributed by atoms with Crippen molar-refractivity contribution in [2.24, 2.45) is 5.92 Å². The zero-order chi connectivity index (χ0) is 14.0. The van der Waals surface area contributed by atoms with Gasteiger partial charge in [0.05, 0.1) is 5.88 Å². The molecule has 1 aromatic rings. The van der Waals surface area contributed by atoms with E-state index in [9.17, 15) is 8.42 Å². The normalized spacial score (nSPS) is 16.2. The second-order valence-electron chi connectivity index (χ2n) is 5.11. The molecule has 0 amide bonds. The van der Waals surface area contributed by atoms with Crippen molar-refractivity contribution in [3.63, 3.8) is 0 Å². The number of hydrogen-bond acceptors (Lipinski definition) is 3. The summed E-state index contributed by atoms with van der Waals surface area (Å²) in [5.41, 5.74) is 0.974. The van der Waals surface area contributed by atoms with Crippen molar-refractivity contribution in [2.45, 2.75) is 43.2 Å². The van der Waals surface area contributed by atoms with Crippen LogP contribution in [0.15, 0.2) is 10.3 Å². The van der Waals surface area contributed by atoms with Crippen LogP contribution in [0.4, 0.5) is 0 Å². The highest BCUT2D eigenvalue weighted by Gasteiger charge is 2.32. The van der Waals surface area contributed by atoms with Gasteiger partial charge in [0.2, 0.25) is 0 Å². The summed E-state index contributed by atoms with van der Waals surface area (Å²) in [7, 11) is -3.34. The quantitative estimate of drug-likeness (QED) is 0.719. The van der Waals surface area contributed by atoms with Gasteiger partial charge in [0.25, 0.3) is 10.0 Å². The monoisotopic (exact) mass is 321 g/mol. The van der Waals surface area contributed by atoms with Crippen molar-refractivity contribution in [1.82, 2.24) is 4.31 Å². The summed E-state index contributed by atoms with van der Waals surface area (Å²) < 4.78 is 27.4. The maximum Gasteiger partial charge on any atom is 0.252 e. The van der Waals surface area contributed by atoms with E-state index < -0.39 is 10.0 Å². The van der Waals surface area contributed by atoms with Crippen LogP contribution in [-0.2, 0) is 15.9 Å².